The molecular weight excluding hydrogens is 528 g/mol. The van der Waals surface area contributed by atoms with Crippen LogP contribution in [-0.2, 0) is 6.42 Å². The second-order valence-electron chi connectivity index (χ2n) is 7.56. The molecule has 168 valence electrons. The molecule has 7 nitrogen and oxygen atoms in total. The molecule has 0 spiro atoms. The minimum atomic E-state index is -0.334. The van der Waals surface area contributed by atoms with Crippen molar-refractivity contribution in [1.82, 2.24) is 20.4 Å². The van der Waals surface area contributed by atoms with Crippen LogP contribution in [0.2, 0.25) is 0 Å². The largest absolute Gasteiger partial charge is 0.382 e. The molecular formula is C21H29FIN7S. The molecule has 2 heterocycles. The van der Waals surface area contributed by atoms with Crippen molar-refractivity contribution in [3.63, 3.8) is 0 Å². The van der Waals surface area contributed by atoms with Crippen molar-refractivity contribution in [1.29, 1.82) is 5.26 Å². The first kappa shape index (κ1) is 25.3. The number of nitrogen functional groups attached to an aromatic ring is 1. The molecule has 0 saturated carbocycles. The lowest BCUT2D eigenvalue weighted by molar-refractivity contribution is 0.583. The molecule has 3 rings (SSSR count). The molecule has 1 atom stereocenters. The number of rotatable bonds is 7. The van der Waals surface area contributed by atoms with Crippen LogP contribution in [0.15, 0.2) is 29.3 Å². The third-order valence-corrected chi connectivity index (χ3v) is 6.75. The summed E-state index contributed by atoms with van der Waals surface area (Å²) in [6, 6.07) is 8.00. The first-order valence-electron chi connectivity index (χ1n) is 10.1. The first-order valence-corrected chi connectivity index (χ1v) is 11.1. The van der Waals surface area contributed by atoms with E-state index in [1.807, 2.05) is 11.8 Å². The average molecular weight is 557 g/mol. The third kappa shape index (κ3) is 6.49. The van der Waals surface area contributed by atoms with Crippen LogP contribution in [0.4, 0.5) is 10.2 Å². The van der Waals surface area contributed by atoms with Crippen LogP contribution in [-0.4, -0.2) is 46.4 Å². The highest BCUT2D eigenvalue weighted by Crippen LogP contribution is 2.36. The molecule has 1 aromatic carbocycles. The van der Waals surface area contributed by atoms with Gasteiger partial charge in [-0.1, -0.05) is 0 Å². The molecule has 0 amide bonds. The molecule has 4 N–H and O–H groups in total. The number of hydrogen-bond donors (Lipinski definition) is 3. The number of nitrogens with two attached hydrogens (primary N) is 1. The number of guanidine groups is 1. The van der Waals surface area contributed by atoms with Crippen molar-refractivity contribution in [3.05, 3.63) is 41.3 Å². The van der Waals surface area contributed by atoms with E-state index in [9.17, 15) is 9.65 Å². The van der Waals surface area contributed by atoms with Gasteiger partial charge >= 0.3 is 0 Å². The zero-order chi connectivity index (χ0) is 21.6. The number of nitrogens with one attached hydrogen (secondary N) is 2. The molecule has 1 aliphatic rings. The molecule has 1 aliphatic heterocycles. The number of aliphatic imine (C=N–C) groups is 1. The van der Waals surface area contributed by atoms with Gasteiger partial charge in [0.15, 0.2) is 5.96 Å². The quantitative estimate of drug-likeness (QED) is 0.209. The Morgan fingerprint density at radius 1 is 1.39 bits per heavy atom. The molecule has 1 aromatic heterocycles. The number of nitrogens with zero attached hydrogens (tertiary/aromatic N) is 4. The van der Waals surface area contributed by atoms with Crippen molar-refractivity contribution in [2.75, 3.05) is 31.6 Å². The van der Waals surface area contributed by atoms with Crippen LogP contribution in [0.3, 0.4) is 0 Å². The summed E-state index contributed by atoms with van der Waals surface area (Å²) in [6.07, 6.45) is 3.85. The van der Waals surface area contributed by atoms with Gasteiger partial charge in [0.05, 0.1) is 11.4 Å². The van der Waals surface area contributed by atoms with E-state index in [0.717, 1.165) is 18.9 Å². The highest BCUT2D eigenvalue weighted by Gasteiger charge is 2.29. The normalized spacial score (nSPS) is 18.3. The number of aromatic nitrogens is 2. The van der Waals surface area contributed by atoms with Crippen LogP contribution in [0, 0.1) is 17.1 Å². The molecule has 10 heteroatoms. The van der Waals surface area contributed by atoms with Gasteiger partial charge in [0.2, 0.25) is 0 Å². The molecule has 31 heavy (non-hydrogen) atoms. The summed E-state index contributed by atoms with van der Waals surface area (Å²) in [5.41, 5.74) is 7.74. The summed E-state index contributed by atoms with van der Waals surface area (Å²) in [5.74, 6) is 1.94. The Morgan fingerprint density at radius 3 is 2.74 bits per heavy atom. The number of benzene rings is 1. The Morgan fingerprint density at radius 2 is 2.13 bits per heavy atom. The lowest BCUT2D eigenvalue weighted by atomic mass is 10.1. The lowest BCUT2D eigenvalue weighted by Gasteiger charge is -2.24. The third-order valence-electron chi connectivity index (χ3n) is 5.21. The second-order valence-corrected chi connectivity index (χ2v) is 9.25. The van der Waals surface area contributed by atoms with Crippen LogP contribution < -0.4 is 16.4 Å². The maximum Gasteiger partial charge on any atom is 0.191 e. The van der Waals surface area contributed by atoms with Crippen LogP contribution in [0.1, 0.15) is 37.4 Å². The number of halogens is 2. The fourth-order valence-electron chi connectivity index (χ4n) is 3.48. The molecule has 1 saturated heterocycles. The van der Waals surface area contributed by atoms with Gasteiger partial charge in [-0.3, -0.25) is 4.99 Å². The van der Waals surface area contributed by atoms with Gasteiger partial charge in [-0.25, -0.2) is 9.07 Å². The summed E-state index contributed by atoms with van der Waals surface area (Å²) < 4.78 is 14.9. The van der Waals surface area contributed by atoms with E-state index in [0.29, 0.717) is 29.9 Å². The SMILES string of the molecule is CN=C(NCCCc1nn(-c2ccc(F)cc2)c(N)c1C#N)NCC1(C)CCCS1.I. The van der Waals surface area contributed by atoms with Gasteiger partial charge < -0.3 is 16.4 Å². The Hall–Kier alpha value is -2.00. The number of nitriles is 1. The molecule has 0 aliphatic carbocycles. The second kappa shape index (κ2) is 11.6. The van der Waals surface area contributed by atoms with E-state index < -0.39 is 0 Å². The number of anilines is 1. The number of thioether (sulfide) groups is 1. The molecule has 1 fully saturated rings. The Balaban J connectivity index is 0.00000341. The van der Waals surface area contributed by atoms with E-state index in [1.54, 1.807) is 19.2 Å². The van der Waals surface area contributed by atoms with Gasteiger partial charge in [-0.05, 0) is 62.6 Å². The Bertz CT molecular complexity index is 930. The van der Waals surface area contributed by atoms with Gasteiger partial charge in [-0.15, -0.1) is 24.0 Å². The zero-order valence-electron chi connectivity index (χ0n) is 17.8. The lowest BCUT2D eigenvalue weighted by Crippen LogP contribution is -2.43. The molecule has 2 aromatic rings. The van der Waals surface area contributed by atoms with Crippen molar-refractivity contribution >= 4 is 47.5 Å². The van der Waals surface area contributed by atoms with Crippen molar-refractivity contribution in [3.8, 4) is 11.8 Å². The molecule has 0 radical (unpaired) electrons. The summed E-state index contributed by atoms with van der Waals surface area (Å²) in [4.78, 5) is 4.29. The van der Waals surface area contributed by atoms with Crippen LogP contribution in [0.5, 0.6) is 0 Å². The topological polar surface area (TPSA) is 104 Å². The zero-order valence-corrected chi connectivity index (χ0v) is 21.0. The smallest absolute Gasteiger partial charge is 0.191 e. The van der Waals surface area contributed by atoms with E-state index in [-0.39, 0.29) is 40.4 Å². The maximum absolute atomic E-state index is 13.2. The van der Waals surface area contributed by atoms with Crippen molar-refractivity contribution in [2.45, 2.75) is 37.4 Å². The van der Waals surface area contributed by atoms with Gasteiger partial charge in [0.25, 0.3) is 0 Å². The fourth-order valence-corrected chi connectivity index (χ4v) is 4.73. The minimum absolute atomic E-state index is 0. The summed E-state index contributed by atoms with van der Waals surface area (Å²) in [7, 11) is 1.76. The monoisotopic (exact) mass is 557 g/mol. The van der Waals surface area contributed by atoms with Gasteiger partial charge in [-0.2, -0.15) is 22.1 Å². The van der Waals surface area contributed by atoms with E-state index in [4.69, 9.17) is 5.73 Å². The van der Waals surface area contributed by atoms with Crippen LogP contribution in [0.25, 0.3) is 5.69 Å². The maximum atomic E-state index is 13.2. The van der Waals surface area contributed by atoms with Crippen molar-refractivity contribution < 1.29 is 4.39 Å². The van der Waals surface area contributed by atoms with Crippen LogP contribution >= 0.6 is 35.7 Å². The van der Waals surface area contributed by atoms with E-state index in [2.05, 4.69) is 33.7 Å². The Kier molecular flexibility index (Phi) is 9.43. The number of hydrogen-bond acceptors (Lipinski definition) is 5. The minimum Gasteiger partial charge on any atom is -0.382 e. The highest BCUT2D eigenvalue weighted by atomic mass is 127. The summed E-state index contributed by atoms with van der Waals surface area (Å²) in [6.45, 7) is 3.86. The standard InChI is InChI=1S/C21H28FN7S.HI/c1-21(10-4-12-30-21)14-27-20(25-2)26-11-3-5-18-17(13-23)19(24)29(28-18)16-8-6-15(22)7-9-16;/h6-9H,3-5,10-12,14,24H2,1-2H3,(H2,25,26,27);1H. The van der Waals surface area contributed by atoms with Crippen molar-refractivity contribution in [2.24, 2.45) is 4.99 Å². The van der Waals surface area contributed by atoms with Gasteiger partial charge in [0, 0.05) is 24.9 Å². The molecule has 1 unspecified atom stereocenters. The number of aryl methyl sites for hydroxylation is 1. The van der Waals surface area contributed by atoms with E-state index >= 15 is 0 Å². The van der Waals surface area contributed by atoms with Gasteiger partial charge in [0.1, 0.15) is 23.3 Å². The summed E-state index contributed by atoms with van der Waals surface area (Å²) >= 11 is 2.01. The average Bonchev–Trinajstić information content (AvgIpc) is 3.31. The molecule has 0 bridgehead atoms. The Labute approximate surface area is 204 Å². The fraction of sp³-hybridized carbons (Fsp3) is 0.476. The first-order chi connectivity index (χ1) is 14.5. The van der Waals surface area contributed by atoms with E-state index in [1.165, 1.54) is 35.4 Å². The predicted octanol–water partition coefficient (Wildman–Crippen LogP) is 3.47. The summed E-state index contributed by atoms with van der Waals surface area (Å²) in [5, 5.41) is 20.7. The predicted molar refractivity (Wildman–Crippen MR) is 136 cm³/mol. The highest BCUT2D eigenvalue weighted by molar-refractivity contribution is 14.0.